The lowest BCUT2D eigenvalue weighted by molar-refractivity contribution is 0.326. The number of rotatable bonds is 4. The number of aryl methyl sites for hydroxylation is 1. The Balaban J connectivity index is 1.64. The van der Waals surface area contributed by atoms with Crippen LogP contribution in [-0.2, 0) is 17.1 Å². The Morgan fingerprint density at radius 2 is 1.91 bits per heavy atom. The summed E-state index contributed by atoms with van der Waals surface area (Å²) >= 11 is 5.88. The van der Waals surface area contributed by atoms with Gasteiger partial charge in [0.25, 0.3) is 0 Å². The third kappa shape index (κ3) is 2.91. The van der Waals surface area contributed by atoms with Gasteiger partial charge in [0.05, 0.1) is 11.9 Å². The first-order chi connectivity index (χ1) is 10.4. The lowest BCUT2D eigenvalue weighted by Gasteiger charge is -2.35. The first-order valence-electron chi connectivity index (χ1n) is 7.13. The van der Waals surface area contributed by atoms with Crippen LogP contribution in [0.2, 0.25) is 5.02 Å². The number of nitrogens with one attached hydrogen (secondary N) is 1. The van der Waals surface area contributed by atoms with Crippen LogP contribution in [0, 0.1) is 6.92 Å². The largest absolute Gasteiger partial charge is 0.272 e. The van der Waals surface area contributed by atoms with E-state index in [0.29, 0.717) is 16.6 Å². The van der Waals surface area contributed by atoms with Gasteiger partial charge in [-0.2, -0.15) is 5.10 Å². The Kier molecular flexibility index (Phi) is 4.01. The SMILES string of the molecule is Cc1c(S(=O)(=O)NC2CC(c3ccc(Cl)cc3)C2)cnn1C. The lowest BCUT2D eigenvalue weighted by Crippen LogP contribution is -2.43. The summed E-state index contributed by atoms with van der Waals surface area (Å²) in [5.41, 5.74) is 1.85. The molecule has 1 N–H and O–H groups in total. The van der Waals surface area contributed by atoms with Crippen molar-refractivity contribution < 1.29 is 8.42 Å². The average molecular weight is 340 g/mol. The molecule has 1 aromatic heterocycles. The minimum Gasteiger partial charge on any atom is -0.272 e. The first-order valence-corrected chi connectivity index (χ1v) is 8.99. The Bertz CT molecular complexity index is 778. The van der Waals surface area contributed by atoms with Crippen LogP contribution >= 0.6 is 11.6 Å². The minimum absolute atomic E-state index is 0.0229. The van der Waals surface area contributed by atoms with Gasteiger partial charge < -0.3 is 0 Å². The van der Waals surface area contributed by atoms with Crippen LogP contribution < -0.4 is 4.72 Å². The lowest BCUT2D eigenvalue weighted by atomic mass is 9.76. The molecule has 0 saturated heterocycles. The van der Waals surface area contributed by atoms with Gasteiger partial charge in [-0.1, -0.05) is 23.7 Å². The molecule has 1 heterocycles. The highest BCUT2D eigenvalue weighted by Crippen LogP contribution is 2.37. The van der Waals surface area contributed by atoms with E-state index in [1.807, 2.05) is 24.3 Å². The Morgan fingerprint density at radius 3 is 2.45 bits per heavy atom. The molecule has 1 saturated carbocycles. The zero-order valence-corrected chi connectivity index (χ0v) is 14.0. The molecular weight excluding hydrogens is 322 g/mol. The number of nitrogens with zero attached hydrogens (tertiary/aromatic N) is 2. The van der Waals surface area contributed by atoms with E-state index >= 15 is 0 Å². The number of hydrogen-bond acceptors (Lipinski definition) is 3. The summed E-state index contributed by atoms with van der Waals surface area (Å²) in [6, 6.07) is 7.72. The molecule has 0 bridgehead atoms. The quantitative estimate of drug-likeness (QED) is 0.931. The van der Waals surface area contributed by atoms with Crippen LogP contribution in [0.3, 0.4) is 0 Å². The Labute approximate surface area is 135 Å². The smallest absolute Gasteiger partial charge is 0.244 e. The van der Waals surface area contributed by atoms with E-state index in [0.717, 1.165) is 12.8 Å². The molecule has 1 aromatic carbocycles. The molecule has 5 nitrogen and oxygen atoms in total. The highest BCUT2D eigenvalue weighted by Gasteiger charge is 2.34. The van der Waals surface area contributed by atoms with Gasteiger partial charge in [0.15, 0.2) is 0 Å². The molecule has 7 heteroatoms. The predicted molar refractivity (Wildman–Crippen MR) is 85.5 cm³/mol. The van der Waals surface area contributed by atoms with Crippen LogP contribution in [0.4, 0.5) is 0 Å². The second-order valence-electron chi connectivity index (χ2n) is 5.76. The molecule has 1 fully saturated rings. The van der Waals surface area contributed by atoms with Crippen molar-refractivity contribution in [2.45, 2.75) is 36.6 Å². The number of hydrogen-bond donors (Lipinski definition) is 1. The van der Waals surface area contributed by atoms with Crippen LogP contribution in [0.15, 0.2) is 35.4 Å². The molecule has 2 aromatic rings. The van der Waals surface area contributed by atoms with E-state index in [-0.39, 0.29) is 10.9 Å². The van der Waals surface area contributed by atoms with Gasteiger partial charge in [-0.05, 0) is 43.4 Å². The van der Waals surface area contributed by atoms with Crippen molar-refractivity contribution in [3.63, 3.8) is 0 Å². The zero-order chi connectivity index (χ0) is 15.9. The van der Waals surface area contributed by atoms with Gasteiger partial charge in [-0.3, -0.25) is 4.68 Å². The first kappa shape index (κ1) is 15.5. The average Bonchev–Trinajstić information content (AvgIpc) is 2.76. The molecule has 118 valence electrons. The van der Waals surface area contributed by atoms with Gasteiger partial charge in [0, 0.05) is 18.1 Å². The third-order valence-corrected chi connectivity index (χ3v) is 6.16. The highest BCUT2D eigenvalue weighted by molar-refractivity contribution is 7.89. The maximum absolute atomic E-state index is 12.4. The summed E-state index contributed by atoms with van der Waals surface area (Å²) < 4.78 is 29.1. The Morgan fingerprint density at radius 1 is 1.27 bits per heavy atom. The standard InChI is InChI=1S/C15H18ClN3O2S/c1-10-15(9-17-19(10)2)22(20,21)18-14-7-12(8-14)11-3-5-13(16)6-4-11/h3-6,9,12,14,18H,7-8H2,1-2H3. The molecule has 1 aliphatic rings. The summed E-state index contributed by atoms with van der Waals surface area (Å²) in [6.45, 7) is 1.75. The van der Waals surface area contributed by atoms with Gasteiger partial charge in [-0.15, -0.1) is 0 Å². The summed E-state index contributed by atoms with van der Waals surface area (Å²) in [5, 5.41) is 4.70. The summed E-state index contributed by atoms with van der Waals surface area (Å²) in [6.07, 6.45) is 3.01. The van der Waals surface area contributed by atoms with Gasteiger partial charge in [0.2, 0.25) is 10.0 Å². The monoisotopic (exact) mass is 339 g/mol. The van der Waals surface area contributed by atoms with E-state index in [4.69, 9.17) is 11.6 Å². The molecule has 3 rings (SSSR count). The third-order valence-electron chi connectivity index (χ3n) is 4.28. The maximum Gasteiger partial charge on any atom is 0.244 e. The summed E-state index contributed by atoms with van der Waals surface area (Å²) in [7, 11) is -1.77. The van der Waals surface area contributed by atoms with Gasteiger partial charge in [-0.25, -0.2) is 13.1 Å². The van der Waals surface area contributed by atoms with E-state index in [2.05, 4.69) is 9.82 Å². The number of halogens is 1. The van der Waals surface area contributed by atoms with Crippen molar-refractivity contribution in [2.75, 3.05) is 0 Å². The molecule has 0 amide bonds. The second-order valence-corrected chi connectivity index (χ2v) is 7.87. The molecule has 0 radical (unpaired) electrons. The maximum atomic E-state index is 12.4. The minimum atomic E-state index is -3.50. The van der Waals surface area contributed by atoms with E-state index < -0.39 is 10.0 Å². The summed E-state index contributed by atoms with van der Waals surface area (Å²) in [5.74, 6) is 0.389. The molecule has 22 heavy (non-hydrogen) atoms. The molecule has 0 unspecified atom stereocenters. The van der Waals surface area contributed by atoms with E-state index in [9.17, 15) is 8.42 Å². The fourth-order valence-corrected chi connectivity index (χ4v) is 4.34. The summed E-state index contributed by atoms with van der Waals surface area (Å²) in [4.78, 5) is 0.255. The fourth-order valence-electron chi connectivity index (χ4n) is 2.75. The van der Waals surface area contributed by atoms with Crippen molar-refractivity contribution in [2.24, 2.45) is 7.05 Å². The van der Waals surface area contributed by atoms with Crippen LogP contribution in [0.25, 0.3) is 0 Å². The van der Waals surface area contributed by atoms with Gasteiger partial charge >= 0.3 is 0 Å². The number of sulfonamides is 1. The number of benzene rings is 1. The van der Waals surface area contributed by atoms with Crippen molar-refractivity contribution in [3.8, 4) is 0 Å². The normalized spacial score (nSPS) is 21.6. The molecule has 0 atom stereocenters. The van der Waals surface area contributed by atoms with Crippen LogP contribution in [0.1, 0.15) is 30.0 Å². The van der Waals surface area contributed by atoms with Gasteiger partial charge in [0.1, 0.15) is 4.90 Å². The topological polar surface area (TPSA) is 64.0 Å². The predicted octanol–water partition coefficient (Wildman–Crippen LogP) is 2.61. The Hall–Kier alpha value is -1.37. The van der Waals surface area contributed by atoms with Crippen molar-refractivity contribution in [1.29, 1.82) is 0 Å². The van der Waals surface area contributed by atoms with E-state index in [1.165, 1.54) is 11.8 Å². The molecule has 0 spiro atoms. The van der Waals surface area contributed by atoms with Crippen molar-refractivity contribution in [3.05, 3.63) is 46.7 Å². The molecule has 1 aliphatic carbocycles. The fraction of sp³-hybridized carbons (Fsp3) is 0.400. The second kappa shape index (κ2) is 5.68. The zero-order valence-electron chi connectivity index (χ0n) is 12.5. The van der Waals surface area contributed by atoms with Crippen LogP contribution in [-0.4, -0.2) is 24.2 Å². The molecule has 0 aliphatic heterocycles. The van der Waals surface area contributed by atoms with Crippen molar-refractivity contribution >= 4 is 21.6 Å². The molecular formula is C15H18ClN3O2S. The van der Waals surface area contributed by atoms with Crippen LogP contribution in [0.5, 0.6) is 0 Å². The van der Waals surface area contributed by atoms with Crippen molar-refractivity contribution in [1.82, 2.24) is 14.5 Å². The van der Waals surface area contributed by atoms with E-state index in [1.54, 1.807) is 18.7 Å². The number of aromatic nitrogens is 2. The highest BCUT2D eigenvalue weighted by atomic mass is 35.5.